The Kier molecular flexibility index (Phi) is 6.63. The smallest absolute Gasteiger partial charge is 0.303 e. The van der Waals surface area contributed by atoms with Crippen LogP contribution in [-0.2, 0) is 4.79 Å². The standard InChI is InChI=1S/C23H24N2O3/c26-21(27)14-8-3-9-15-24-23(28)22-19(17-10-4-1-5-11-17)16-20(25-22)18-12-6-2-7-13-18/h1-2,4-7,10-13,16,25H,3,8-9,14-15H2,(H,24,28)(H,26,27). The molecule has 0 unspecified atom stereocenters. The van der Waals surface area contributed by atoms with Gasteiger partial charge in [0.25, 0.3) is 5.91 Å². The van der Waals surface area contributed by atoms with Crippen LogP contribution in [0.15, 0.2) is 66.7 Å². The summed E-state index contributed by atoms with van der Waals surface area (Å²) < 4.78 is 0. The molecule has 0 saturated carbocycles. The molecule has 0 fully saturated rings. The molecule has 2 aromatic carbocycles. The first-order valence-electron chi connectivity index (χ1n) is 9.49. The van der Waals surface area contributed by atoms with Gasteiger partial charge in [-0.15, -0.1) is 0 Å². The van der Waals surface area contributed by atoms with Crippen molar-refractivity contribution in [3.8, 4) is 22.4 Å². The predicted octanol–water partition coefficient (Wildman–Crippen LogP) is 4.72. The molecule has 5 heteroatoms. The molecular weight excluding hydrogens is 352 g/mol. The normalized spacial score (nSPS) is 10.6. The largest absolute Gasteiger partial charge is 0.481 e. The maximum Gasteiger partial charge on any atom is 0.303 e. The summed E-state index contributed by atoms with van der Waals surface area (Å²) in [7, 11) is 0. The van der Waals surface area contributed by atoms with Gasteiger partial charge in [0.05, 0.1) is 0 Å². The average Bonchev–Trinajstić information content (AvgIpc) is 3.17. The number of H-pyrrole nitrogens is 1. The summed E-state index contributed by atoms with van der Waals surface area (Å²) in [6.07, 6.45) is 2.33. The summed E-state index contributed by atoms with van der Waals surface area (Å²) >= 11 is 0. The lowest BCUT2D eigenvalue weighted by Gasteiger charge is -2.06. The fraction of sp³-hybridized carbons (Fsp3) is 0.217. The van der Waals surface area contributed by atoms with Crippen molar-refractivity contribution in [1.29, 1.82) is 0 Å². The van der Waals surface area contributed by atoms with E-state index in [4.69, 9.17) is 5.11 Å². The van der Waals surface area contributed by atoms with Gasteiger partial charge in [-0.3, -0.25) is 9.59 Å². The third-order valence-corrected chi connectivity index (χ3v) is 4.57. The Bertz CT molecular complexity index is 918. The molecule has 3 N–H and O–H groups in total. The number of rotatable bonds is 9. The van der Waals surface area contributed by atoms with E-state index in [1.54, 1.807) is 0 Å². The summed E-state index contributed by atoms with van der Waals surface area (Å²) in [5.41, 5.74) is 4.30. The number of benzene rings is 2. The molecule has 1 aromatic heterocycles. The Hall–Kier alpha value is -3.34. The SMILES string of the molecule is O=C(O)CCCCCNC(=O)c1[nH]c(-c2ccccc2)cc1-c1ccccc1. The van der Waals surface area contributed by atoms with E-state index in [0.717, 1.165) is 35.2 Å². The second kappa shape index (κ2) is 9.55. The van der Waals surface area contributed by atoms with Crippen molar-refractivity contribution in [3.63, 3.8) is 0 Å². The van der Waals surface area contributed by atoms with Crippen LogP contribution in [0.25, 0.3) is 22.4 Å². The van der Waals surface area contributed by atoms with Crippen LogP contribution in [0.3, 0.4) is 0 Å². The Morgan fingerprint density at radius 1 is 0.857 bits per heavy atom. The van der Waals surface area contributed by atoms with E-state index in [9.17, 15) is 9.59 Å². The highest BCUT2D eigenvalue weighted by Gasteiger charge is 2.17. The quantitative estimate of drug-likeness (QED) is 0.473. The lowest BCUT2D eigenvalue weighted by atomic mass is 10.0. The molecule has 1 amide bonds. The molecule has 0 aliphatic rings. The summed E-state index contributed by atoms with van der Waals surface area (Å²) in [5.74, 6) is -0.935. The van der Waals surface area contributed by atoms with Crippen LogP contribution in [0.1, 0.15) is 36.2 Å². The summed E-state index contributed by atoms with van der Waals surface area (Å²) in [6.45, 7) is 0.520. The number of carbonyl (C=O) groups excluding carboxylic acids is 1. The maximum atomic E-state index is 12.8. The van der Waals surface area contributed by atoms with Gasteiger partial charge in [0.15, 0.2) is 0 Å². The molecule has 0 aliphatic carbocycles. The first-order chi connectivity index (χ1) is 13.6. The molecule has 0 bridgehead atoms. The third kappa shape index (κ3) is 5.10. The number of unbranched alkanes of at least 4 members (excludes halogenated alkanes) is 2. The molecule has 1 heterocycles. The van der Waals surface area contributed by atoms with Crippen molar-refractivity contribution in [1.82, 2.24) is 10.3 Å². The molecule has 0 atom stereocenters. The van der Waals surface area contributed by atoms with Crippen molar-refractivity contribution < 1.29 is 14.7 Å². The monoisotopic (exact) mass is 376 g/mol. The van der Waals surface area contributed by atoms with Gasteiger partial charge in [0.1, 0.15) is 5.69 Å². The van der Waals surface area contributed by atoms with E-state index in [0.29, 0.717) is 18.7 Å². The minimum atomic E-state index is -0.781. The van der Waals surface area contributed by atoms with Gasteiger partial charge in [-0.2, -0.15) is 0 Å². The van der Waals surface area contributed by atoms with Crippen LogP contribution in [0.4, 0.5) is 0 Å². The second-order valence-electron chi connectivity index (χ2n) is 6.66. The first kappa shape index (κ1) is 19.4. The zero-order chi connectivity index (χ0) is 19.8. The van der Waals surface area contributed by atoms with E-state index in [2.05, 4.69) is 10.3 Å². The van der Waals surface area contributed by atoms with Gasteiger partial charge in [-0.1, -0.05) is 67.1 Å². The number of aliphatic carboxylic acids is 1. The van der Waals surface area contributed by atoms with Gasteiger partial charge in [-0.25, -0.2) is 0 Å². The second-order valence-corrected chi connectivity index (χ2v) is 6.66. The number of amides is 1. The number of nitrogens with one attached hydrogen (secondary N) is 2. The lowest BCUT2D eigenvalue weighted by molar-refractivity contribution is -0.137. The topological polar surface area (TPSA) is 82.2 Å². The Morgan fingerprint density at radius 3 is 2.14 bits per heavy atom. The molecular formula is C23H24N2O3. The number of carboxylic acids is 1. The Morgan fingerprint density at radius 2 is 1.50 bits per heavy atom. The average molecular weight is 376 g/mol. The van der Waals surface area contributed by atoms with E-state index in [1.807, 2.05) is 66.7 Å². The van der Waals surface area contributed by atoms with Gasteiger partial charge >= 0.3 is 5.97 Å². The summed E-state index contributed by atoms with van der Waals surface area (Å²) in [5, 5.41) is 11.6. The summed E-state index contributed by atoms with van der Waals surface area (Å²) in [4.78, 5) is 26.6. The maximum absolute atomic E-state index is 12.8. The number of carboxylic acid groups (broad SMARTS) is 1. The zero-order valence-corrected chi connectivity index (χ0v) is 15.7. The van der Waals surface area contributed by atoms with Crippen LogP contribution >= 0.6 is 0 Å². The Labute approximate surface area is 164 Å². The first-order valence-corrected chi connectivity index (χ1v) is 9.49. The predicted molar refractivity (Wildman–Crippen MR) is 110 cm³/mol. The van der Waals surface area contributed by atoms with Gasteiger partial charge in [-0.05, 0) is 30.0 Å². The van der Waals surface area contributed by atoms with E-state index in [1.165, 1.54) is 0 Å². The fourth-order valence-corrected chi connectivity index (χ4v) is 3.12. The molecule has 144 valence electrons. The van der Waals surface area contributed by atoms with Crippen LogP contribution in [0, 0.1) is 0 Å². The van der Waals surface area contributed by atoms with Gasteiger partial charge < -0.3 is 15.4 Å². The van der Waals surface area contributed by atoms with Gasteiger partial charge in [0.2, 0.25) is 0 Å². The molecule has 0 radical (unpaired) electrons. The fourth-order valence-electron chi connectivity index (χ4n) is 3.12. The van der Waals surface area contributed by atoms with E-state index < -0.39 is 5.97 Å². The minimum absolute atomic E-state index is 0.153. The Balaban J connectivity index is 1.74. The van der Waals surface area contributed by atoms with Crippen molar-refractivity contribution in [3.05, 3.63) is 72.4 Å². The number of hydrogen-bond acceptors (Lipinski definition) is 2. The van der Waals surface area contributed by atoms with E-state index >= 15 is 0 Å². The highest BCUT2D eigenvalue weighted by Crippen LogP contribution is 2.29. The van der Waals surface area contributed by atoms with E-state index in [-0.39, 0.29) is 12.3 Å². The van der Waals surface area contributed by atoms with Crippen molar-refractivity contribution >= 4 is 11.9 Å². The molecule has 3 rings (SSSR count). The van der Waals surface area contributed by atoms with Crippen LogP contribution in [0.5, 0.6) is 0 Å². The lowest BCUT2D eigenvalue weighted by Crippen LogP contribution is -2.25. The van der Waals surface area contributed by atoms with Crippen molar-refractivity contribution in [2.24, 2.45) is 0 Å². The summed E-state index contributed by atoms with van der Waals surface area (Å²) in [6, 6.07) is 21.7. The molecule has 0 saturated heterocycles. The third-order valence-electron chi connectivity index (χ3n) is 4.57. The molecule has 28 heavy (non-hydrogen) atoms. The number of aromatic nitrogens is 1. The number of hydrogen-bond donors (Lipinski definition) is 3. The molecule has 0 spiro atoms. The highest BCUT2D eigenvalue weighted by atomic mass is 16.4. The van der Waals surface area contributed by atoms with Crippen LogP contribution in [0.2, 0.25) is 0 Å². The number of carbonyl (C=O) groups is 2. The van der Waals surface area contributed by atoms with Crippen LogP contribution in [-0.4, -0.2) is 28.5 Å². The highest BCUT2D eigenvalue weighted by molar-refractivity contribution is 6.00. The van der Waals surface area contributed by atoms with Crippen LogP contribution < -0.4 is 5.32 Å². The van der Waals surface area contributed by atoms with Crippen molar-refractivity contribution in [2.75, 3.05) is 6.54 Å². The molecule has 3 aromatic rings. The molecule has 5 nitrogen and oxygen atoms in total. The van der Waals surface area contributed by atoms with Gasteiger partial charge in [0, 0.05) is 24.2 Å². The minimum Gasteiger partial charge on any atom is -0.481 e. The zero-order valence-electron chi connectivity index (χ0n) is 15.7. The molecule has 0 aliphatic heterocycles. The van der Waals surface area contributed by atoms with Crippen molar-refractivity contribution in [2.45, 2.75) is 25.7 Å². The number of aromatic amines is 1.